The van der Waals surface area contributed by atoms with Gasteiger partial charge in [0.25, 0.3) is 0 Å². The molecule has 130 valence electrons. The monoisotopic (exact) mass is 369 g/mol. The van der Waals surface area contributed by atoms with Gasteiger partial charge in [0.05, 0.1) is 10.0 Å². The highest BCUT2D eigenvalue weighted by Gasteiger charge is 2.37. The molecule has 0 radical (unpaired) electrons. The van der Waals surface area contributed by atoms with E-state index in [4.69, 9.17) is 23.2 Å². The Balaban J connectivity index is 1.89. The molecule has 2 rings (SSSR count). The molecule has 0 heterocycles. The van der Waals surface area contributed by atoms with Crippen molar-refractivity contribution in [2.45, 2.75) is 39.2 Å². The fourth-order valence-electron chi connectivity index (χ4n) is 2.38. The Labute approximate surface area is 152 Å². The lowest BCUT2D eigenvalue weighted by molar-refractivity contribution is -0.117. The summed E-state index contributed by atoms with van der Waals surface area (Å²) in [4.78, 5) is 11.7. The van der Waals surface area contributed by atoms with E-state index < -0.39 is 5.83 Å². The lowest BCUT2D eigenvalue weighted by Crippen LogP contribution is -2.34. The Hall–Kier alpha value is -1.32. The number of carbonyl (C=O) groups is 1. The molecule has 0 aliphatic heterocycles. The summed E-state index contributed by atoms with van der Waals surface area (Å²) in [6.07, 6.45) is 4.88. The Morgan fingerprint density at radius 1 is 1.25 bits per heavy atom. The first-order chi connectivity index (χ1) is 11.3. The molecule has 0 bridgehead atoms. The molecule has 1 aromatic carbocycles. The first-order valence-electron chi connectivity index (χ1n) is 8.08. The lowest BCUT2D eigenvalue weighted by atomic mass is 10.1. The van der Waals surface area contributed by atoms with Crippen LogP contribution in [0, 0.1) is 11.8 Å². The molecule has 1 N–H and O–H groups in total. The molecule has 0 saturated heterocycles. The Morgan fingerprint density at radius 2 is 1.96 bits per heavy atom. The van der Waals surface area contributed by atoms with Crippen LogP contribution in [0.4, 0.5) is 4.39 Å². The maximum absolute atomic E-state index is 13.9. The highest BCUT2D eigenvalue weighted by Crippen LogP contribution is 2.49. The first-order valence-corrected chi connectivity index (χ1v) is 8.84. The van der Waals surface area contributed by atoms with Crippen molar-refractivity contribution in [3.05, 3.63) is 57.9 Å². The number of amides is 1. The van der Waals surface area contributed by atoms with Crippen LogP contribution in [0.15, 0.2) is 42.3 Å². The van der Waals surface area contributed by atoms with Crippen LogP contribution in [0.5, 0.6) is 0 Å². The van der Waals surface area contributed by atoms with Gasteiger partial charge in [0.1, 0.15) is 5.83 Å². The van der Waals surface area contributed by atoms with Gasteiger partial charge in [0.15, 0.2) is 0 Å². The smallest absolute Gasteiger partial charge is 0.244 e. The second-order valence-electron chi connectivity index (χ2n) is 6.61. The third-order valence-corrected chi connectivity index (χ3v) is 5.09. The largest absolute Gasteiger partial charge is 0.350 e. The molecular formula is C19H22Cl2FNO. The predicted octanol–water partition coefficient (Wildman–Crippen LogP) is 5.67. The molecule has 0 aromatic heterocycles. The van der Waals surface area contributed by atoms with E-state index in [9.17, 15) is 9.18 Å². The van der Waals surface area contributed by atoms with Crippen LogP contribution in [0.2, 0.25) is 10.0 Å². The van der Waals surface area contributed by atoms with E-state index in [0.29, 0.717) is 16.0 Å². The number of nitrogens with one attached hydrogen (secondary N) is 1. The summed E-state index contributed by atoms with van der Waals surface area (Å²) in [5.41, 5.74) is 1.06. The van der Waals surface area contributed by atoms with Crippen molar-refractivity contribution in [3.8, 4) is 0 Å². The van der Waals surface area contributed by atoms with Gasteiger partial charge in [-0.2, -0.15) is 0 Å². The standard InChI is InChI=1S/C19H22Cl2FNO/c1-11(2)12(3)23-19(24)7-5-15(22)8-14-9-16(14)13-4-6-17(20)18(21)10-13/h4-8,10-12,14,16H,9H2,1-3H3,(H,23,24)/b7-5+,15-8-. The minimum Gasteiger partial charge on any atom is -0.350 e. The van der Waals surface area contributed by atoms with Gasteiger partial charge in [-0.3, -0.25) is 4.79 Å². The highest BCUT2D eigenvalue weighted by atomic mass is 35.5. The third-order valence-electron chi connectivity index (χ3n) is 4.35. The summed E-state index contributed by atoms with van der Waals surface area (Å²) in [5.74, 6) is 0.0471. The van der Waals surface area contributed by atoms with Crippen LogP contribution >= 0.6 is 23.2 Å². The van der Waals surface area contributed by atoms with E-state index in [1.807, 2.05) is 32.9 Å². The van der Waals surface area contributed by atoms with Crippen molar-refractivity contribution in [1.82, 2.24) is 5.32 Å². The summed E-state index contributed by atoms with van der Waals surface area (Å²) < 4.78 is 13.9. The number of carbonyl (C=O) groups excluding carboxylic acids is 1. The van der Waals surface area contributed by atoms with E-state index in [0.717, 1.165) is 12.0 Å². The number of rotatable bonds is 6. The van der Waals surface area contributed by atoms with E-state index in [1.54, 1.807) is 12.1 Å². The second kappa shape index (κ2) is 8.17. The Bertz CT molecular complexity index is 669. The molecule has 1 fully saturated rings. The minimum atomic E-state index is -0.394. The molecule has 1 aliphatic rings. The summed E-state index contributed by atoms with van der Waals surface area (Å²) in [5, 5.41) is 3.83. The van der Waals surface area contributed by atoms with E-state index >= 15 is 0 Å². The summed E-state index contributed by atoms with van der Waals surface area (Å²) >= 11 is 11.9. The molecule has 24 heavy (non-hydrogen) atoms. The molecule has 5 heteroatoms. The zero-order valence-corrected chi connectivity index (χ0v) is 15.5. The van der Waals surface area contributed by atoms with Crippen molar-refractivity contribution >= 4 is 29.1 Å². The molecular weight excluding hydrogens is 348 g/mol. The molecule has 1 amide bonds. The SMILES string of the molecule is CC(C)C(C)NC(=O)/C=C/C(F)=C/C1CC1c1ccc(Cl)c(Cl)c1. The molecule has 1 aromatic rings. The molecule has 2 nitrogen and oxygen atoms in total. The minimum absolute atomic E-state index is 0.0525. The van der Waals surface area contributed by atoms with Crippen molar-refractivity contribution in [3.63, 3.8) is 0 Å². The lowest BCUT2D eigenvalue weighted by Gasteiger charge is -2.15. The molecule has 0 spiro atoms. The first kappa shape index (κ1) is 19.0. The zero-order valence-electron chi connectivity index (χ0n) is 14.0. The van der Waals surface area contributed by atoms with Crippen LogP contribution in [-0.2, 0) is 4.79 Å². The average Bonchev–Trinajstić information content (AvgIpc) is 3.27. The fraction of sp³-hybridized carbons (Fsp3) is 0.421. The normalized spacial score (nSPS) is 22.0. The summed E-state index contributed by atoms with van der Waals surface area (Å²) in [6, 6.07) is 5.56. The van der Waals surface area contributed by atoms with Gasteiger partial charge in [0, 0.05) is 12.1 Å². The molecule has 3 unspecified atom stereocenters. The van der Waals surface area contributed by atoms with Gasteiger partial charge in [0.2, 0.25) is 5.91 Å². The van der Waals surface area contributed by atoms with Gasteiger partial charge in [-0.15, -0.1) is 0 Å². The summed E-state index contributed by atoms with van der Waals surface area (Å²) in [6.45, 7) is 5.96. The third kappa shape index (κ3) is 5.35. The topological polar surface area (TPSA) is 29.1 Å². The maximum atomic E-state index is 13.9. The average molecular weight is 370 g/mol. The number of benzene rings is 1. The Kier molecular flexibility index (Phi) is 6.47. The van der Waals surface area contributed by atoms with Crippen LogP contribution in [-0.4, -0.2) is 11.9 Å². The zero-order chi connectivity index (χ0) is 17.9. The van der Waals surface area contributed by atoms with Crippen LogP contribution in [0.25, 0.3) is 0 Å². The number of hydrogen-bond donors (Lipinski definition) is 1. The van der Waals surface area contributed by atoms with E-state index in [-0.39, 0.29) is 23.8 Å². The van der Waals surface area contributed by atoms with E-state index in [1.165, 1.54) is 12.2 Å². The molecule has 1 saturated carbocycles. The predicted molar refractivity (Wildman–Crippen MR) is 98.1 cm³/mol. The molecule has 1 aliphatic carbocycles. The van der Waals surface area contributed by atoms with Gasteiger partial charge in [-0.1, -0.05) is 43.1 Å². The van der Waals surface area contributed by atoms with Crippen molar-refractivity contribution in [2.75, 3.05) is 0 Å². The Morgan fingerprint density at radius 3 is 2.58 bits per heavy atom. The van der Waals surface area contributed by atoms with Crippen molar-refractivity contribution < 1.29 is 9.18 Å². The fourth-order valence-corrected chi connectivity index (χ4v) is 2.69. The van der Waals surface area contributed by atoms with Crippen LogP contribution < -0.4 is 5.32 Å². The van der Waals surface area contributed by atoms with Gasteiger partial charge >= 0.3 is 0 Å². The number of halogens is 3. The highest BCUT2D eigenvalue weighted by molar-refractivity contribution is 6.42. The quantitative estimate of drug-likeness (QED) is 0.508. The van der Waals surface area contributed by atoms with Crippen molar-refractivity contribution in [1.29, 1.82) is 0 Å². The van der Waals surface area contributed by atoms with Crippen molar-refractivity contribution in [2.24, 2.45) is 11.8 Å². The second-order valence-corrected chi connectivity index (χ2v) is 7.42. The van der Waals surface area contributed by atoms with Gasteiger partial charge < -0.3 is 5.32 Å². The maximum Gasteiger partial charge on any atom is 0.244 e. The van der Waals surface area contributed by atoms with Crippen LogP contribution in [0.1, 0.15) is 38.7 Å². The number of allylic oxidation sites excluding steroid dienone is 3. The number of hydrogen-bond acceptors (Lipinski definition) is 1. The van der Waals surface area contributed by atoms with Gasteiger partial charge in [-0.05, 0) is 60.9 Å². The summed E-state index contributed by atoms with van der Waals surface area (Å²) in [7, 11) is 0. The molecule has 3 atom stereocenters. The van der Waals surface area contributed by atoms with Crippen LogP contribution in [0.3, 0.4) is 0 Å². The van der Waals surface area contributed by atoms with E-state index in [2.05, 4.69) is 5.32 Å². The van der Waals surface area contributed by atoms with Gasteiger partial charge in [-0.25, -0.2) is 4.39 Å².